The molecule has 4 nitrogen and oxygen atoms in total. The number of hydrogen-bond donors (Lipinski definition) is 1. The van der Waals surface area contributed by atoms with E-state index in [1.807, 2.05) is 14.0 Å². The van der Waals surface area contributed by atoms with Crippen LogP contribution in [0.15, 0.2) is 36.4 Å². The Hall–Kier alpha value is -2.62. The summed E-state index contributed by atoms with van der Waals surface area (Å²) >= 11 is 0. The SMILES string of the molecule is Cc1cc(-c2ccc3c(c2)nc(C)n3C)ccc1[C@@H]1CCCCC1C(=O)O. The molecule has 1 N–H and O–H groups in total. The van der Waals surface area contributed by atoms with Gasteiger partial charge in [0.15, 0.2) is 0 Å². The molecular weight excluding hydrogens is 336 g/mol. The van der Waals surface area contributed by atoms with Crippen molar-refractivity contribution in [3.63, 3.8) is 0 Å². The summed E-state index contributed by atoms with van der Waals surface area (Å²) in [7, 11) is 2.03. The summed E-state index contributed by atoms with van der Waals surface area (Å²) in [5.41, 5.74) is 6.82. The number of carbonyl (C=O) groups is 1. The largest absolute Gasteiger partial charge is 0.481 e. The highest BCUT2D eigenvalue weighted by molar-refractivity contribution is 5.83. The molecule has 3 aromatic rings. The van der Waals surface area contributed by atoms with Crippen molar-refractivity contribution in [1.29, 1.82) is 0 Å². The Morgan fingerprint density at radius 3 is 2.52 bits per heavy atom. The van der Waals surface area contributed by atoms with Crippen molar-refractivity contribution in [3.05, 3.63) is 53.3 Å². The number of aryl methyl sites for hydroxylation is 3. The molecule has 4 heteroatoms. The van der Waals surface area contributed by atoms with Gasteiger partial charge in [-0.3, -0.25) is 4.79 Å². The number of hydrogen-bond acceptors (Lipinski definition) is 2. The third kappa shape index (κ3) is 3.14. The van der Waals surface area contributed by atoms with Crippen molar-refractivity contribution < 1.29 is 9.90 Å². The van der Waals surface area contributed by atoms with Crippen LogP contribution in [0, 0.1) is 19.8 Å². The summed E-state index contributed by atoms with van der Waals surface area (Å²) in [6.45, 7) is 4.12. The van der Waals surface area contributed by atoms with Gasteiger partial charge in [0.1, 0.15) is 5.82 Å². The van der Waals surface area contributed by atoms with Gasteiger partial charge in [-0.05, 0) is 67.0 Å². The van der Waals surface area contributed by atoms with Crippen molar-refractivity contribution in [3.8, 4) is 11.1 Å². The molecule has 27 heavy (non-hydrogen) atoms. The molecule has 1 aliphatic carbocycles. The Balaban J connectivity index is 1.70. The fraction of sp³-hybridized carbons (Fsp3) is 0.391. The quantitative estimate of drug-likeness (QED) is 0.695. The first-order valence-corrected chi connectivity index (χ1v) is 9.72. The highest BCUT2D eigenvalue weighted by Crippen LogP contribution is 2.40. The number of imidazole rings is 1. The van der Waals surface area contributed by atoms with E-state index in [1.165, 1.54) is 11.1 Å². The molecule has 1 heterocycles. The number of carboxylic acids is 1. The zero-order valence-electron chi connectivity index (χ0n) is 16.2. The molecule has 4 rings (SSSR count). The average molecular weight is 362 g/mol. The Bertz CT molecular complexity index is 1020. The van der Waals surface area contributed by atoms with Gasteiger partial charge < -0.3 is 9.67 Å². The Kier molecular flexibility index (Phi) is 4.50. The average Bonchev–Trinajstić information content (AvgIpc) is 2.95. The molecule has 0 radical (unpaired) electrons. The van der Waals surface area contributed by atoms with E-state index in [2.05, 4.69) is 52.9 Å². The van der Waals surface area contributed by atoms with Gasteiger partial charge in [-0.25, -0.2) is 4.98 Å². The molecule has 0 spiro atoms. The van der Waals surface area contributed by atoms with Crippen LogP contribution in [0.3, 0.4) is 0 Å². The maximum Gasteiger partial charge on any atom is 0.307 e. The zero-order chi connectivity index (χ0) is 19.1. The van der Waals surface area contributed by atoms with E-state index < -0.39 is 5.97 Å². The van der Waals surface area contributed by atoms with E-state index in [0.717, 1.165) is 53.7 Å². The number of aromatic nitrogens is 2. The monoisotopic (exact) mass is 362 g/mol. The minimum atomic E-state index is -0.654. The van der Waals surface area contributed by atoms with Crippen LogP contribution in [0.2, 0.25) is 0 Å². The minimum absolute atomic E-state index is 0.131. The standard InChI is InChI=1S/C23H26N2O2/c1-14-12-16(17-9-11-22-21(13-17)24-15(2)25(22)3)8-10-18(14)19-6-4-5-7-20(19)23(26)27/h8-13,19-20H,4-7H2,1-3H3,(H,26,27)/t19-,20?/m0/s1. The van der Waals surface area contributed by atoms with E-state index >= 15 is 0 Å². The van der Waals surface area contributed by atoms with E-state index in [-0.39, 0.29) is 11.8 Å². The van der Waals surface area contributed by atoms with E-state index in [0.29, 0.717) is 0 Å². The minimum Gasteiger partial charge on any atom is -0.481 e. The smallest absolute Gasteiger partial charge is 0.307 e. The fourth-order valence-electron chi connectivity index (χ4n) is 4.57. The fourth-order valence-corrected chi connectivity index (χ4v) is 4.57. The highest BCUT2D eigenvalue weighted by Gasteiger charge is 2.32. The van der Waals surface area contributed by atoms with Crippen LogP contribution in [-0.4, -0.2) is 20.6 Å². The lowest BCUT2D eigenvalue weighted by Crippen LogP contribution is -2.25. The van der Waals surface area contributed by atoms with Crippen molar-refractivity contribution >= 4 is 17.0 Å². The summed E-state index contributed by atoms with van der Waals surface area (Å²) < 4.78 is 2.10. The summed E-state index contributed by atoms with van der Waals surface area (Å²) in [5, 5.41) is 9.61. The Labute approximate surface area is 159 Å². The van der Waals surface area contributed by atoms with Gasteiger partial charge in [-0.15, -0.1) is 0 Å². The van der Waals surface area contributed by atoms with Crippen LogP contribution in [0.25, 0.3) is 22.2 Å². The molecule has 1 fully saturated rings. The second-order valence-corrected chi connectivity index (χ2v) is 7.83. The predicted molar refractivity (Wildman–Crippen MR) is 108 cm³/mol. The van der Waals surface area contributed by atoms with Gasteiger partial charge in [-0.1, -0.05) is 37.1 Å². The number of rotatable bonds is 3. The van der Waals surface area contributed by atoms with Crippen molar-refractivity contribution in [2.75, 3.05) is 0 Å². The Morgan fingerprint density at radius 2 is 1.78 bits per heavy atom. The lowest BCUT2D eigenvalue weighted by atomic mass is 9.74. The highest BCUT2D eigenvalue weighted by atomic mass is 16.4. The number of fused-ring (bicyclic) bond motifs is 1. The zero-order valence-corrected chi connectivity index (χ0v) is 16.2. The molecule has 0 bridgehead atoms. The predicted octanol–water partition coefficient (Wildman–Crippen LogP) is 5.22. The van der Waals surface area contributed by atoms with Gasteiger partial charge in [0, 0.05) is 7.05 Å². The van der Waals surface area contributed by atoms with Crippen LogP contribution in [0.1, 0.15) is 48.6 Å². The van der Waals surface area contributed by atoms with Crippen LogP contribution >= 0.6 is 0 Å². The topological polar surface area (TPSA) is 55.1 Å². The molecular formula is C23H26N2O2. The first-order chi connectivity index (χ1) is 13.0. The maximum absolute atomic E-state index is 11.7. The maximum atomic E-state index is 11.7. The number of carboxylic acid groups (broad SMARTS) is 1. The van der Waals surface area contributed by atoms with Gasteiger partial charge in [0.2, 0.25) is 0 Å². The van der Waals surface area contributed by atoms with Gasteiger partial charge >= 0.3 is 5.97 Å². The first-order valence-electron chi connectivity index (χ1n) is 9.72. The summed E-state index contributed by atoms with van der Waals surface area (Å²) in [5.74, 6) is 0.229. The molecule has 1 unspecified atom stereocenters. The normalized spacial score (nSPS) is 20.1. The summed E-state index contributed by atoms with van der Waals surface area (Å²) in [6.07, 6.45) is 3.90. The number of aliphatic carboxylic acids is 1. The van der Waals surface area contributed by atoms with E-state index in [9.17, 15) is 9.90 Å². The molecule has 1 aromatic heterocycles. The number of nitrogens with zero attached hydrogens (tertiary/aromatic N) is 2. The lowest BCUT2D eigenvalue weighted by molar-refractivity contribution is -0.143. The molecule has 2 atom stereocenters. The molecule has 1 saturated carbocycles. The third-order valence-corrected chi connectivity index (χ3v) is 6.19. The van der Waals surface area contributed by atoms with Crippen molar-refractivity contribution in [2.24, 2.45) is 13.0 Å². The Morgan fingerprint density at radius 1 is 1.07 bits per heavy atom. The lowest BCUT2D eigenvalue weighted by Gasteiger charge is -2.30. The van der Waals surface area contributed by atoms with E-state index in [1.54, 1.807) is 0 Å². The van der Waals surface area contributed by atoms with Crippen LogP contribution < -0.4 is 0 Å². The number of benzene rings is 2. The molecule has 2 aromatic carbocycles. The second-order valence-electron chi connectivity index (χ2n) is 7.83. The van der Waals surface area contributed by atoms with Crippen molar-refractivity contribution in [2.45, 2.75) is 45.4 Å². The first kappa shape index (κ1) is 17.8. The molecule has 1 aliphatic rings. The van der Waals surface area contributed by atoms with E-state index in [4.69, 9.17) is 0 Å². The molecule has 0 aliphatic heterocycles. The summed E-state index contributed by atoms with van der Waals surface area (Å²) in [6, 6.07) is 12.9. The van der Waals surface area contributed by atoms with Gasteiger partial charge in [0.25, 0.3) is 0 Å². The third-order valence-electron chi connectivity index (χ3n) is 6.19. The van der Waals surface area contributed by atoms with Gasteiger partial charge in [-0.2, -0.15) is 0 Å². The second kappa shape index (κ2) is 6.84. The molecule has 0 saturated heterocycles. The van der Waals surface area contributed by atoms with Gasteiger partial charge in [0.05, 0.1) is 17.0 Å². The molecule has 140 valence electrons. The van der Waals surface area contributed by atoms with Crippen LogP contribution in [0.5, 0.6) is 0 Å². The van der Waals surface area contributed by atoms with Crippen LogP contribution in [0.4, 0.5) is 0 Å². The molecule has 0 amide bonds. The summed E-state index contributed by atoms with van der Waals surface area (Å²) in [4.78, 5) is 16.3. The van der Waals surface area contributed by atoms with Crippen LogP contribution in [-0.2, 0) is 11.8 Å². The van der Waals surface area contributed by atoms with Crippen molar-refractivity contribution in [1.82, 2.24) is 9.55 Å².